The van der Waals surface area contributed by atoms with Gasteiger partial charge in [-0.25, -0.2) is 4.98 Å². The van der Waals surface area contributed by atoms with Gasteiger partial charge in [-0.2, -0.15) is 0 Å². The van der Waals surface area contributed by atoms with Crippen LogP contribution in [0.15, 0.2) is 36.4 Å². The van der Waals surface area contributed by atoms with Gasteiger partial charge < -0.3 is 15.8 Å². The molecule has 1 heterocycles. The Morgan fingerprint density at radius 2 is 2.00 bits per heavy atom. The number of benzene rings is 2. The van der Waals surface area contributed by atoms with Crippen molar-refractivity contribution in [1.82, 2.24) is 9.97 Å². The van der Waals surface area contributed by atoms with E-state index in [1.54, 1.807) is 6.07 Å². The summed E-state index contributed by atoms with van der Waals surface area (Å²) in [5, 5.41) is 9.88. The Labute approximate surface area is 104 Å². The van der Waals surface area contributed by atoms with Gasteiger partial charge in [-0.1, -0.05) is 11.6 Å². The van der Waals surface area contributed by atoms with Gasteiger partial charge in [-0.3, -0.25) is 0 Å². The summed E-state index contributed by atoms with van der Waals surface area (Å²) in [7, 11) is 0. The first-order valence-electron chi connectivity index (χ1n) is 5.69. The minimum Gasteiger partial charge on any atom is -0.507 e. The van der Waals surface area contributed by atoms with Gasteiger partial charge in [0, 0.05) is 5.69 Å². The molecule has 0 atom stereocenters. The number of hydrogen-bond donors (Lipinski definition) is 3. The Morgan fingerprint density at radius 1 is 1.17 bits per heavy atom. The lowest BCUT2D eigenvalue weighted by Crippen LogP contribution is -1.83. The van der Waals surface area contributed by atoms with Crippen molar-refractivity contribution in [3.63, 3.8) is 0 Å². The van der Waals surface area contributed by atoms with Crippen LogP contribution in [0.3, 0.4) is 0 Å². The Morgan fingerprint density at radius 3 is 2.83 bits per heavy atom. The number of aromatic amines is 1. The number of fused-ring (bicyclic) bond motifs is 1. The van der Waals surface area contributed by atoms with E-state index in [4.69, 9.17) is 5.73 Å². The monoisotopic (exact) mass is 239 g/mol. The van der Waals surface area contributed by atoms with Crippen LogP contribution in [0.5, 0.6) is 5.75 Å². The highest BCUT2D eigenvalue weighted by atomic mass is 16.3. The average molecular weight is 239 g/mol. The summed E-state index contributed by atoms with van der Waals surface area (Å²) >= 11 is 0. The molecule has 18 heavy (non-hydrogen) atoms. The fourth-order valence-electron chi connectivity index (χ4n) is 1.99. The predicted molar refractivity (Wildman–Crippen MR) is 72.3 cm³/mol. The third kappa shape index (κ3) is 1.68. The molecule has 0 aliphatic rings. The van der Waals surface area contributed by atoms with Crippen molar-refractivity contribution in [3.05, 3.63) is 42.0 Å². The van der Waals surface area contributed by atoms with E-state index in [2.05, 4.69) is 9.97 Å². The van der Waals surface area contributed by atoms with Gasteiger partial charge in [0.15, 0.2) is 0 Å². The molecule has 4 nitrogen and oxygen atoms in total. The number of nitrogens with one attached hydrogen (secondary N) is 1. The van der Waals surface area contributed by atoms with Gasteiger partial charge in [0.05, 0.1) is 16.6 Å². The van der Waals surface area contributed by atoms with Crippen LogP contribution in [0.1, 0.15) is 5.56 Å². The normalized spacial score (nSPS) is 10.9. The molecule has 2 aromatic carbocycles. The molecule has 0 unspecified atom stereocenters. The van der Waals surface area contributed by atoms with Gasteiger partial charge in [-0.05, 0) is 37.3 Å². The number of phenolic OH excluding ortho intramolecular Hbond substituents is 1. The number of nitrogens with two attached hydrogens (primary N) is 1. The van der Waals surface area contributed by atoms with Crippen LogP contribution in [0.25, 0.3) is 22.4 Å². The van der Waals surface area contributed by atoms with E-state index >= 15 is 0 Å². The SMILES string of the molecule is Cc1ccc(O)c(-c2nc3ccc(N)cc3[nH]2)c1. The van der Waals surface area contributed by atoms with Crippen LogP contribution in [0, 0.1) is 6.92 Å². The zero-order chi connectivity index (χ0) is 12.7. The number of rotatable bonds is 1. The van der Waals surface area contributed by atoms with Gasteiger partial charge in [0.25, 0.3) is 0 Å². The number of aromatic hydroxyl groups is 1. The molecule has 4 heteroatoms. The molecule has 0 saturated heterocycles. The first kappa shape index (κ1) is 10.7. The second-order valence-corrected chi connectivity index (χ2v) is 4.38. The lowest BCUT2D eigenvalue weighted by atomic mass is 10.1. The standard InChI is InChI=1S/C14H13N3O/c1-8-2-5-13(18)10(6-8)14-16-11-4-3-9(15)7-12(11)17-14/h2-7,18H,15H2,1H3,(H,16,17). The number of anilines is 1. The Balaban J connectivity index is 2.22. The molecule has 0 fully saturated rings. The van der Waals surface area contributed by atoms with Gasteiger partial charge >= 0.3 is 0 Å². The lowest BCUT2D eigenvalue weighted by molar-refractivity contribution is 0.477. The smallest absolute Gasteiger partial charge is 0.142 e. The molecule has 0 aliphatic carbocycles. The number of imidazole rings is 1. The summed E-state index contributed by atoms with van der Waals surface area (Å²) in [6, 6.07) is 10.9. The zero-order valence-corrected chi connectivity index (χ0v) is 9.94. The molecular weight excluding hydrogens is 226 g/mol. The highest BCUT2D eigenvalue weighted by Crippen LogP contribution is 2.29. The topological polar surface area (TPSA) is 74.9 Å². The molecule has 0 bridgehead atoms. The first-order chi connectivity index (χ1) is 8.63. The van der Waals surface area contributed by atoms with Gasteiger partial charge in [0.1, 0.15) is 11.6 Å². The molecule has 0 radical (unpaired) electrons. The van der Waals surface area contributed by atoms with E-state index < -0.39 is 0 Å². The zero-order valence-electron chi connectivity index (χ0n) is 9.94. The quantitative estimate of drug-likeness (QED) is 0.571. The maximum Gasteiger partial charge on any atom is 0.142 e. The maximum absolute atomic E-state index is 9.88. The van der Waals surface area contributed by atoms with Crippen LogP contribution in [-0.4, -0.2) is 15.1 Å². The second-order valence-electron chi connectivity index (χ2n) is 4.38. The summed E-state index contributed by atoms with van der Waals surface area (Å²) in [5.41, 5.74) is 9.89. The first-order valence-corrected chi connectivity index (χ1v) is 5.69. The largest absolute Gasteiger partial charge is 0.507 e. The van der Waals surface area contributed by atoms with Crippen molar-refractivity contribution < 1.29 is 5.11 Å². The minimum atomic E-state index is 0.215. The number of nitrogen functional groups attached to an aromatic ring is 1. The number of phenols is 1. The van der Waals surface area contributed by atoms with E-state index in [0.717, 1.165) is 16.6 Å². The number of aryl methyl sites for hydroxylation is 1. The van der Waals surface area contributed by atoms with Gasteiger partial charge in [-0.15, -0.1) is 0 Å². The third-order valence-corrected chi connectivity index (χ3v) is 2.91. The number of hydrogen-bond acceptors (Lipinski definition) is 3. The number of H-pyrrole nitrogens is 1. The molecule has 4 N–H and O–H groups in total. The summed E-state index contributed by atoms with van der Waals surface area (Å²) in [6.45, 7) is 1.98. The fraction of sp³-hybridized carbons (Fsp3) is 0.0714. The van der Waals surface area contributed by atoms with Crippen LogP contribution >= 0.6 is 0 Å². The van der Waals surface area contributed by atoms with E-state index in [9.17, 15) is 5.11 Å². The summed E-state index contributed by atoms with van der Waals surface area (Å²) in [6.07, 6.45) is 0. The molecule has 3 rings (SSSR count). The van der Waals surface area contributed by atoms with E-state index in [1.807, 2.05) is 37.3 Å². The van der Waals surface area contributed by atoms with Crippen molar-refractivity contribution in [1.29, 1.82) is 0 Å². The molecule has 0 saturated carbocycles. The van der Waals surface area contributed by atoms with Crippen molar-refractivity contribution in [2.45, 2.75) is 6.92 Å². The second kappa shape index (κ2) is 3.77. The van der Waals surface area contributed by atoms with Crippen LogP contribution in [0.2, 0.25) is 0 Å². The van der Waals surface area contributed by atoms with Crippen molar-refractivity contribution in [2.24, 2.45) is 0 Å². The Bertz CT molecular complexity index is 731. The summed E-state index contributed by atoms with van der Waals surface area (Å²) in [5.74, 6) is 0.865. The molecule has 0 amide bonds. The van der Waals surface area contributed by atoms with E-state index in [-0.39, 0.29) is 5.75 Å². The van der Waals surface area contributed by atoms with E-state index in [0.29, 0.717) is 17.1 Å². The highest BCUT2D eigenvalue weighted by Gasteiger charge is 2.09. The van der Waals surface area contributed by atoms with Crippen molar-refractivity contribution >= 4 is 16.7 Å². The van der Waals surface area contributed by atoms with Crippen LogP contribution in [0.4, 0.5) is 5.69 Å². The van der Waals surface area contributed by atoms with Crippen molar-refractivity contribution in [2.75, 3.05) is 5.73 Å². The Kier molecular flexibility index (Phi) is 2.23. The predicted octanol–water partition coefficient (Wildman–Crippen LogP) is 2.83. The maximum atomic E-state index is 9.88. The highest BCUT2D eigenvalue weighted by molar-refractivity contribution is 5.83. The van der Waals surface area contributed by atoms with Crippen molar-refractivity contribution in [3.8, 4) is 17.1 Å². The summed E-state index contributed by atoms with van der Waals surface area (Å²) in [4.78, 5) is 7.62. The van der Waals surface area contributed by atoms with Gasteiger partial charge in [0.2, 0.25) is 0 Å². The molecule has 0 spiro atoms. The summed E-state index contributed by atoms with van der Waals surface area (Å²) < 4.78 is 0. The molecular formula is C14H13N3O. The Hall–Kier alpha value is -2.49. The molecule has 90 valence electrons. The average Bonchev–Trinajstić information content (AvgIpc) is 2.74. The molecule has 0 aliphatic heterocycles. The van der Waals surface area contributed by atoms with Crippen LogP contribution in [-0.2, 0) is 0 Å². The van der Waals surface area contributed by atoms with E-state index in [1.165, 1.54) is 0 Å². The molecule has 3 aromatic rings. The lowest BCUT2D eigenvalue weighted by Gasteiger charge is -2.01. The molecule has 1 aromatic heterocycles. The fourth-order valence-corrected chi connectivity index (χ4v) is 1.99. The third-order valence-electron chi connectivity index (χ3n) is 2.91. The number of aromatic nitrogens is 2. The van der Waals surface area contributed by atoms with Crippen LogP contribution < -0.4 is 5.73 Å². The minimum absolute atomic E-state index is 0.215. The number of nitrogens with zero attached hydrogens (tertiary/aromatic N) is 1.